The monoisotopic (exact) mass is 289 g/mol. The van der Waals surface area contributed by atoms with E-state index in [4.69, 9.17) is 4.98 Å². The highest BCUT2D eigenvalue weighted by Crippen LogP contribution is 2.37. The molecule has 3 nitrogen and oxygen atoms in total. The van der Waals surface area contributed by atoms with Crippen LogP contribution < -0.4 is 10.2 Å². The Labute approximate surface area is 130 Å². The molecule has 0 amide bonds. The molecule has 0 spiro atoms. The van der Waals surface area contributed by atoms with Gasteiger partial charge in [-0.15, -0.1) is 0 Å². The smallest absolute Gasteiger partial charge is 0.130 e. The van der Waals surface area contributed by atoms with Crippen LogP contribution in [0.1, 0.15) is 60.3 Å². The van der Waals surface area contributed by atoms with Gasteiger partial charge >= 0.3 is 0 Å². The molecule has 0 bridgehead atoms. The van der Waals surface area contributed by atoms with Crippen LogP contribution in [-0.4, -0.2) is 23.6 Å². The molecular formula is C18H31N3. The van der Waals surface area contributed by atoms with Crippen LogP contribution in [0.4, 0.5) is 11.6 Å². The number of anilines is 2. The summed E-state index contributed by atoms with van der Waals surface area (Å²) in [5.41, 5.74) is 0.555. The molecule has 1 saturated carbocycles. The summed E-state index contributed by atoms with van der Waals surface area (Å²) in [6.45, 7) is 11.3. The lowest BCUT2D eigenvalue weighted by atomic mass is 9.75. The van der Waals surface area contributed by atoms with Crippen LogP contribution in [0.3, 0.4) is 0 Å². The summed E-state index contributed by atoms with van der Waals surface area (Å²) in [7, 11) is 2.19. The first-order valence-electron chi connectivity index (χ1n) is 8.14. The lowest BCUT2D eigenvalue weighted by Gasteiger charge is -2.39. The highest BCUT2D eigenvalue weighted by Gasteiger charge is 2.29. The Bertz CT molecular complexity index is 464. The quantitative estimate of drug-likeness (QED) is 0.874. The zero-order chi connectivity index (χ0) is 15.7. The van der Waals surface area contributed by atoms with Gasteiger partial charge in [-0.25, -0.2) is 4.98 Å². The van der Waals surface area contributed by atoms with E-state index in [0.717, 1.165) is 11.6 Å². The number of hydrogen-bond donors (Lipinski definition) is 1. The average Bonchev–Trinajstić information content (AvgIpc) is 2.36. The van der Waals surface area contributed by atoms with Gasteiger partial charge in [-0.3, -0.25) is 0 Å². The molecular weight excluding hydrogens is 258 g/mol. The second kappa shape index (κ2) is 5.86. The van der Waals surface area contributed by atoms with Crippen molar-refractivity contribution in [3.63, 3.8) is 0 Å². The maximum Gasteiger partial charge on any atom is 0.130 e. The van der Waals surface area contributed by atoms with Crippen LogP contribution in [0, 0.1) is 5.41 Å². The minimum absolute atomic E-state index is 0.0407. The number of pyridine rings is 1. The van der Waals surface area contributed by atoms with E-state index in [1.807, 2.05) is 6.07 Å². The van der Waals surface area contributed by atoms with E-state index >= 15 is 0 Å². The molecule has 1 aliphatic carbocycles. The van der Waals surface area contributed by atoms with Gasteiger partial charge < -0.3 is 10.2 Å². The summed E-state index contributed by atoms with van der Waals surface area (Å²) in [5.74, 6) is 2.04. The Morgan fingerprint density at radius 2 is 1.81 bits per heavy atom. The first-order chi connectivity index (χ1) is 9.66. The Balaban J connectivity index is 2.06. The largest absolute Gasteiger partial charge is 0.365 e. The Morgan fingerprint density at radius 3 is 2.38 bits per heavy atom. The summed E-state index contributed by atoms with van der Waals surface area (Å²) >= 11 is 0. The predicted octanol–water partition coefficient (Wildman–Crippen LogP) is 4.70. The van der Waals surface area contributed by atoms with Gasteiger partial charge in [0.05, 0.1) is 0 Å². The van der Waals surface area contributed by atoms with Gasteiger partial charge in [0.25, 0.3) is 0 Å². The van der Waals surface area contributed by atoms with E-state index in [-0.39, 0.29) is 5.54 Å². The standard InChI is InChI=1S/C18H31N3/c1-17(2,3)20-15-8-7-9-16(19-15)21(6)14-10-12-18(4,5)13-11-14/h7-9,14H,10-13H2,1-6H3,(H,19,20). The summed E-state index contributed by atoms with van der Waals surface area (Å²) in [6, 6.07) is 6.88. The molecule has 0 radical (unpaired) electrons. The molecule has 0 aromatic carbocycles. The first kappa shape index (κ1) is 16.1. The van der Waals surface area contributed by atoms with Crippen LogP contribution >= 0.6 is 0 Å². The van der Waals surface area contributed by atoms with Crippen molar-refractivity contribution in [2.45, 2.75) is 71.9 Å². The van der Waals surface area contributed by atoms with Gasteiger partial charge in [-0.05, 0) is 64.0 Å². The fourth-order valence-electron chi connectivity index (χ4n) is 3.03. The van der Waals surface area contributed by atoms with Crippen LogP contribution in [0.5, 0.6) is 0 Å². The molecule has 0 aliphatic heterocycles. The maximum atomic E-state index is 4.78. The van der Waals surface area contributed by atoms with Crippen molar-refractivity contribution < 1.29 is 0 Å². The molecule has 118 valence electrons. The number of nitrogens with zero attached hydrogens (tertiary/aromatic N) is 2. The van der Waals surface area contributed by atoms with Crippen molar-refractivity contribution in [1.29, 1.82) is 0 Å². The molecule has 1 fully saturated rings. The molecule has 1 aliphatic rings. The second-order valence-electron chi connectivity index (χ2n) is 8.26. The molecule has 1 aromatic rings. The molecule has 1 heterocycles. The molecule has 3 heteroatoms. The van der Waals surface area contributed by atoms with Crippen molar-refractivity contribution in [1.82, 2.24) is 4.98 Å². The van der Waals surface area contributed by atoms with E-state index < -0.39 is 0 Å². The van der Waals surface area contributed by atoms with Gasteiger partial charge in [0.2, 0.25) is 0 Å². The molecule has 0 atom stereocenters. The van der Waals surface area contributed by atoms with Crippen LogP contribution in [-0.2, 0) is 0 Å². The van der Waals surface area contributed by atoms with Gasteiger partial charge in [0, 0.05) is 18.6 Å². The van der Waals surface area contributed by atoms with E-state index in [1.165, 1.54) is 25.7 Å². The Hall–Kier alpha value is -1.25. The second-order valence-corrected chi connectivity index (χ2v) is 8.26. The highest BCUT2D eigenvalue weighted by atomic mass is 15.2. The predicted molar refractivity (Wildman–Crippen MR) is 92.1 cm³/mol. The van der Waals surface area contributed by atoms with Gasteiger partial charge in [0.15, 0.2) is 0 Å². The van der Waals surface area contributed by atoms with Crippen LogP contribution in [0.25, 0.3) is 0 Å². The molecule has 2 rings (SSSR count). The Kier molecular flexibility index (Phi) is 4.50. The third-order valence-corrected chi connectivity index (χ3v) is 4.46. The van der Waals surface area contributed by atoms with Gasteiger partial charge in [-0.2, -0.15) is 0 Å². The van der Waals surface area contributed by atoms with E-state index in [0.29, 0.717) is 11.5 Å². The lowest BCUT2D eigenvalue weighted by molar-refractivity contribution is 0.222. The van der Waals surface area contributed by atoms with Crippen molar-refractivity contribution in [2.24, 2.45) is 5.41 Å². The SMILES string of the molecule is CN(c1cccc(NC(C)(C)C)n1)C1CCC(C)(C)CC1. The maximum absolute atomic E-state index is 4.78. The average molecular weight is 289 g/mol. The number of rotatable bonds is 3. The number of aromatic nitrogens is 1. The molecule has 1 aromatic heterocycles. The van der Waals surface area contributed by atoms with E-state index in [1.54, 1.807) is 0 Å². The minimum atomic E-state index is 0.0407. The van der Waals surface area contributed by atoms with Crippen LogP contribution in [0.15, 0.2) is 18.2 Å². The highest BCUT2D eigenvalue weighted by molar-refractivity contribution is 5.48. The third-order valence-electron chi connectivity index (χ3n) is 4.46. The fourth-order valence-corrected chi connectivity index (χ4v) is 3.03. The number of nitrogens with one attached hydrogen (secondary N) is 1. The van der Waals surface area contributed by atoms with Gasteiger partial charge in [-0.1, -0.05) is 19.9 Å². The molecule has 1 N–H and O–H groups in total. The first-order valence-corrected chi connectivity index (χ1v) is 8.14. The summed E-state index contributed by atoms with van der Waals surface area (Å²) in [4.78, 5) is 7.15. The van der Waals surface area contributed by atoms with E-state index in [2.05, 4.69) is 64.0 Å². The van der Waals surface area contributed by atoms with Crippen molar-refractivity contribution in [3.05, 3.63) is 18.2 Å². The van der Waals surface area contributed by atoms with Crippen molar-refractivity contribution in [2.75, 3.05) is 17.3 Å². The molecule has 0 saturated heterocycles. The summed E-state index contributed by atoms with van der Waals surface area (Å²) in [5, 5.41) is 3.45. The fraction of sp³-hybridized carbons (Fsp3) is 0.722. The lowest BCUT2D eigenvalue weighted by Crippen LogP contribution is -2.37. The van der Waals surface area contributed by atoms with Crippen molar-refractivity contribution in [3.8, 4) is 0 Å². The molecule has 21 heavy (non-hydrogen) atoms. The van der Waals surface area contributed by atoms with Crippen LogP contribution in [0.2, 0.25) is 0 Å². The van der Waals surface area contributed by atoms with E-state index in [9.17, 15) is 0 Å². The molecule has 0 unspecified atom stereocenters. The minimum Gasteiger partial charge on any atom is -0.365 e. The topological polar surface area (TPSA) is 28.2 Å². The summed E-state index contributed by atoms with van der Waals surface area (Å²) < 4.78 is 0. The normalized spacial score (nSPS) is 19.3. The third kappa shape index (κ3) is 4.62. The van der Waals surface area contributed by atoms with Gasteiger partial charge in [0.1, 0.15) is 11.6 Å². The number of hydrogen-bond acceptors (Lipinski definition) is 3. The summed E-state index contributed by atoms with van der Waals surface area (Å²) in [6.07, 6.45) is 5.15. The zero-order valence-electron chi connectivity index (χ0n) is 14.5. The zero-order valence-corrected chi connectivity index (χ0v) is 14.5. The van der Waals surface area contributed by atoms with Crippen molar-refractivity contribution >= 4 is 11.6 Å². The Morgan fingerprint density at radius 1 is 1.19 bits per heavy atom.